The van der Waals surface area contributed by atoms with Crippen molar-refractivity contribution in [2.75, 3.05) is 19.0 Å². The fourth-order valence-corrected chi connectivity index (χ4v) is 10.4. The molecule has 13 heteroatoms. The van der Waals surface area contributed by atoms with Crippen LogP contribution in [0.2, 0.25) is 5.02 Å². The number of methoxy groups -OCH3 is 1. The van der Waals surface area contributed by atoms with Crippen LogP contribution in [0.3, 0.4) is 0 Å². The predicted octanol–water partition coefficient (Wildman–Crippen LogP) is 9.29. The number of pyridine rings is 2. The standard InChI is InChI=1S/C40H33ClF2N6O3S/c1-19-47-48-38(52-19)31-27(16-21-9-8-20-15-23(41)10-11-24(20)21)45-34-28-6-4-14-49(28)39(50)33(34)32(31)30-17-22-12-13-44-37(35(22)53-30)46-36-25-5-3-7-29(51-2)26(25)18-40(36,42)43/h3,5,7,10-13,15,17,21,28,36H,4,6,8-9,14,16,18H2,1-2H3,(H,44,46)/t21-,28?,36?/m0/s1. The zero-order chi connectivity index (χ0) is 36.2. The summed E-state index contributed by atoms with van der Waals surface area (Å²) in [6.07, 6.45) is 5.38. The minimum absolute atomic E-state index is 0.0695. The Labute approximate surface area is 312 Å². The van der Waals surface area contributed by atoms with Crippen molar-refractivity contribution in [1.82, 2.24) is 25.1 Å². The van der Waals surface area contributed by atoms with Gasteiger partial charge < -0.3 is 19.4 Å². The highest BCUT2D eigenvalue weighted by Crippen LogP contribution is 2.53. The second kappa shape index (κ2) is 12.0. The number of halogens is 3. The first kappa shape index (κ1) is 32.7. The molecule has 1 N–H and O–H groups in total. The summed E-state index contributed by atoms with van der Waals surface area (Å²) >= 11 is 7.78. The summed E-state index contributed by atoms with van der Waals surface area (Å²) < 4.78 is 43.7. The molecule has 268 valence electrons. The average molecular weight is 751 g/mol. The van der Waals surface area contributed by atoms with Crippen LogP contribution in [0.4, 0.5) is 14.6 Å². The lowest BCUT2D eigenvalue weighted by molar-refractivity contribution is -0.00734. The van der Waals surface area contributed by atoms with Crippen LogP contribution in [0.15, 0.2) is 59.1 Å². The maximum absolute atomic E-state index is 15.7. The van der Waals surface area contributed by atoms with Crippen LogP contribution >= 0.6 is 22.9 Å². The second-order valence-corrected chi connectivity index (χ2v) is 15.9. The summed E-state index contributed by atoms with van der Waals surface area (Å²) in [4.78, 5) is 27.0. The van der Waals surface area contributed by atoms with Gasteiger partial charge in [0.25, 0.3) is 11.8 Å². The maximum Gasteiger partial charge on any atom is 0.276 e. The van der Waals surface area contributed by atoms with E-state index in [0.717, 1.165) is 52.4 Å². The second-order valence-electron chi connectivity index (χ2n) is 14.4. The highest BCUT2D eigenvalue weighted by Gasteiger charge is 2.49. The molecule has 10 rings (SSSR count). The fraction of sp³-hybridized carbons (Fsp3) is 0.325. The number of ether oxygens (including phenoxy) is 1. The van der Waals surface area contributed by atoms with E-state index in [-0.39, 0.29) is 17.9 Å². The van der Waals surface area contributed by atoms with E-state index >= 15 is 8.78 Å². The summed E-state index contributed by atoms with van der Waals surface area (Å²) in [5.41, 5.74) is 6.90. The van der Waals surface area contributed by atoms with Gasteiger partial charge in [-0.1, -0.05) is 29.8 Å². The number of anilines is 1. The first-order chi connectivity index (χ1) is 25.7. The van der Waals surface area contributed by atoms with Crippen LogP contribution in [0, 0.1) is 6.92 Å². The highest BCUT2D eigenvalue weighted by molar-refractivity contribution is 7.23. The fourth-order valence-electron chi connectivity index (χ4n) is 9.00. The van der Waals surface area contributed by atoms with Gasteiger partial charge in [0, 0.05) is 47.1 Å². The highest BCUT2D eigenvalue weighted by atomic mass is 35.5. The largest absolute Gasteiger partial charge is 0.496 e. The summed E-state index contributed by atoms with van der Waals surface area (Å²) in [5, 5.41) is 13.3. The first-order valence-corrected chi connectivity index (χ1v) is 19.0. The maximum atomic E-state index is 15.7. The van der Waals surface area contributed by atoms with Gasteiger partial charge in [-0.15, -0.1) is 21.5 Å². The number of nitrogens with zero attached hydrogens (tertiary/aromatic N) is 5. The van der Waals surface area contributed by atoms with E-state index in [2.05, 4.69) is 26.6 Å². The van der Waals surface area contributed by atoms with Crippen LogP contribution in [-0.2, 0) is 19.3 Å². The average Bonchev–Trinajstić information content (AvgIpc) is 3.99. The van der Waals surface area contributed by atoms with Crippen molar-refractivity contribution in [3.05, 3.63) is 105 Å². The molecule has 9 nitrogen and oxygen atoms in total. The van der Waals surface area contributed by atoms with Gasteiger partial charge in [0.1, 0.15) is 17.6 Å². The van der Waals surface area contributed by atoms with Gasteiger partial charge in [0.05, 0.1) is 40.4 Å². The van der Waals surface area contributed by atoms with E-state index in [1.165, 1.54) is 29.6 Å². The number of benzene rings is 2. The third-order valence-corrected chi connectivity index (χ3v) is 12.7. The molecule has 6 aromatic rings. The molecule has 3 atom stereocenters. The van der Waals surface area contributed by atoms with Crippen LogP contribution in [0.1, 0.15) is 87.2 Å². The van der Waals surface area contributed by atoms with Crippen molar-refractivity contribution in [2.45, 2.75) is 69.4 Å². The minimum atomic E-state index is -3.08. The van der Waals surface area contributed by atoms with Gasteiger partial charge in [-0.2, -0.15) is 0 Å². The molecule has 0 bridgehead atoms. The Bertz CT molecular complexity index is 2500. The van der Waals surface area contributed by atoms with E-state index in [1.807, 2.05) is 29.2 Å². The molecule has 0 spiro atoms. The molecule has 0 saturated carbocycles. The van der Waals surface area contributed by atoms with Crippen molar-refractivity contribution in [1.29, 1.82) is 0 Å². The molecule has 6 heterocycles. The predicted molar refractivity (Wildman–Crippen MR) is 198 cm³/mol. The number of thiophene rings is 1. The third-order valence-electron chi connectivity index (χ3n) is 11.3. The lowest BCUT2D eigenvalue weighted by Gasteiger charge is -2.22. The lowest BCUT2D eigenvalue weighted by atomic mass is 9.89. The Morgan fingerprint density at radius 1 is 1.09 bits per heavy atom. The topological polar surface area (TPSA) is 106 Å². The zero-order valence-electron chi connectivity index (χ0n) is 28.9. The summed E-state index contributed by atoms with van der Waals surface area (Å²) in [7, 11) is 1.49. The number of hydrogen-bond acceptors (Lipinski definition) is 9. The van der Waals surface area contributed by atoms with Crippen LogP contribution in [-0.4, -0.2) is 50.5 Å². The monoisotopic (exact) mass is 750 g/mol. The molecular formula is C40H33ClF2N6O3S. The molecule has 2 aliphatic carbocycles. The number of carbonyl (C=O) groups excluding carboxylic acids is 1. The molecule has 2 aromatic carbocycles. The van der Waals surface area contributed by atoms with Crippen LogP contribution in [0.25, 0.3) is 32.0 Å². The molecule has 2 aliphatic heterocycles. The molecule has 1 saturated heterocycles. The number of rotatable bonds is 7. The van der Waals surface area contributed by atoms with Crippen molar-refractivity contribution in [3.8, 4) is 27.6 Å². The van der Waals surface area contributed by atoms with Crippen molar-refractivity contribution in [2.24, 2.45) is 0 Å². The van der Waals surface area contributed by atoms with E-state index < -0.39 is 18.4 Å². The number of alkyl halides is 2. The van der Waals surface area contributed by atoms with E-state index in [1.54, 1.807) is 31.3 Å². The van der Waals surface area contributed by atoms with Gasteiger partial charge in [-0.25, -0.2) is 13.8 Å². The third kappa shape index (κ3) is 5.09. The quantitative estimate of drug-likeness (QED) is 0.172. The van der Waals surface area contributed by atoms with Crippen molar-refractivity contribution < 1.29 is 22.7 Å². The van der Waals surface area contributed by atoms with E-state index in [4.69, 9.17) is 25.7 Å². The number of fused-ring (bicyclic) bond motifs is 6. The van der Waals surface area contributed by atoms with Gasteiger partial charge in [0.2, 0.25) is 11.8 Å². The van der Waals surface area contributed by atoms with Crippen molar-refractivity contribution >= 4 is 44.7 Å². The first-order valence-electron chi connectivity index (χ1n) is 17.8. The van der Waals surface area contributed by atoms with Gasteiger partial charge >= 0.3 is 0 Å². The molecule has 2 unspecified atom stereocenters. The molecule has 1 amide bonds. The Morgan fingerprint density at radius 2 is 1.98 bits per heavy atom. The number of amides is 1. The minimum Gasteiger partial charge on any atom is -0.496 e. The SMILES string of the molecule is COc1cccc2c1CC(F)(F)C2Nc1nccc2cc(-c3c4c(nc(C[C@@H]5CCc6cc(Cl)ccc65)c3-c3nnc(C)o3)C3CCCN3C4=O)sc12. The smallest absolute Gasteiger partial charge is 0.276 e. The van der Waals surface area contributed by atoms with Gasteiger partial charge in [-0.3, -0.25) is 9.78 Å². The Hall–Kier alpha value is -4.94. The van der Waals surface area contributed by atoms with Gasteiger partial charge in [-0.05, 0) is 90.4 Å². The molecule has 0 radical (unpaired) electrons. The lowest BCUT2D eigenvalue weighted by Crippen LogP contribution is -2.28. The summed E-state index contributed by atoms with van der Waals surface area (Å²) in [6.45, 7) is 2.40. The normalized spacial score (nSPS) is 20.9. The molecular weight excluding hydrogens is 718 g/mol. The summed E-state index contributed by atoms with van der Waals surface area (Å²) in [6, 6.07) is 13.7. The number of aromatic nitrogens is 4. The Balaban J connectivity index is 1.15. The van der Waals surface area contributed by atoms with E-state index in [9.17, 15) is 4.79 Å². The molecule has 4 aliphatic rings. The van der Waals surface area contributed by atoms with Crippen molar-refractivity contribution in [3.63, 3.8) is 0 Å². The van der Waals surface area contributed by atoms with Crippen LogP contribution < -0.4 is 10.1 Å². The molecule has 4 aromatic heterocycles. The van der Waals surface area contributed by atoms with E-state index in [0.29, 0.717) is 68.8 Å². The van der Waals surface area contributed by atoms with Crippen LogP contribution in [0.5, 0.6) is 5.75 Å². The molecule has 53 heavy (non-hydrogen) atoms. The van der Waals surface area contributed by atoms with Gasteiger partial charge in [0.15, 0.2) is 0 Å². The molecule has 1 fully saturated rings. The Kier molecular flexibility index (Phi) is 7.43. The number of nitrogens with one attached hydrogen (secondary N) is 1. The number of carbonyl (C=O) groups is 1. The Morgan fingerprint density at radius 3 is 2.81 bits per heavy atom. The number of hydrogen-bond donors (Lipinski definition) is 1. The zero-order valence-corrected chi connectivity index (χ0v) is 30.5. The number of aryl methyl sites for hydroxylation is 2. The summed E-state index contributed by atoms with van der Waals surface area (Å²) in [5.74, 6) is -1.50.